The van der Waals surface area contributed by atoms with Gasteiger partial charge in [-0.15, -0.1) is 0 Å². The molecule has 6 aromatic carbocycles. The van der Waals surface area contributed by atoms with Crippen molar-refractivity contribution in [2.24, 2.45) is 0 Å². The summed E-state index contributed by atoms with van der Waals surface area (Å²) in [6.07, 6.45) is 0. The van der Waals surface area contributed by atoms with Crippen LogP contribution < -0.4 is 20.1 Å². The zero-order valence-electron chi connectivity index (χ0n) is 21.8. The third-order valence-electron chi connectivity index (χ3n) is 7.46. The van der Waals surface area contributed by atoms with Crippen LogP contribution in [0.3, 0.4) is 0 Å². The smallest absolute Gasteiger partial charge is 0.253 e. The van der Waals surface area contributed by atoms with Gasteiger partial charge in [0.1, 0.15) is 0 Å². The molecule has 0 aliphatic rings. The Hall–Kier alpha value is -4.66. The number of hydrogen-bond donors (Lipinski definition) is 0. The Morgan fingerprint density at radius 1 is 0.333 bits per heavy atom. The summed E-state index contributed by atoms with van der Waals surface area (Å²) in [5.41, 5.74) is 3.75. The first-order valence-electron chi connectivity index (χ1n) is 13.5. The number of nitrogens with zero attached hydrogens (tertiary/aromatic N) is 1. The molecule has 0 aliphatic carbocycles. The molecule has 39 heavy (non-hydrogen) atoms. The molecule has 0 bridgehead atoms. The number of benzene rings is 6. The van der Waals surface area contributed by atoms with Crippen LogP contribution in [0.25, 0.3) is 0 Å². The van der Waals surface area contributed by atoms with E-state index in [-0.39, 0.29) is 6.04 Å². The maximum Gasteiger partial charge on any atom is 0.253 e. The summed E-state index contributed by atoms with van der Waals surface area (Å²) >= 11 is 0. The number of rotatable bonds is 8. The molecule has 0 fully saturated rings. The molecule has 0 spiro atoms. The molecule has 0 amide bonds. The van der Waals surface area contributed by atoms with Crippen LogP contribution in [0.4, 0.5) is 5.69 Å². The Labute approximate surface area is 232 Å². The van der Waals surface area contributed by atoms with Crippen molar-refractivity contribution in [1.29, 1.82) is 0 Å². The lowest BCUT2D eigenvalue weighted by Gasteiger charge is -2.49. The minimum absolute atomic E-state index is 0.0120. The number of anilines is 1. The van der Waals surface area contributed by atoms with Gasteiger partial charge in [-0.1, -0.05) is 170 Å². The van der Waals surface area contributed by atoms with E-state index in [2.05, 4.69) is 187 Å². The molecule has 0 heterocycles. The van der Waals surface area contributed by atoms with Gasteiger partial charge in [-0.25, -0.2) is 0 Å². The molecular formula is C37H31NSi. The molecule has 0 aliphatic heterocycles. The van der Waals surface area contributed by atoms with E-state index in [1.165, 1.54) is 32.4 Å². The summed E-state index contributed by atoms with van der Waals surface area (Å²) in [5, 5.41) is 4.05. The van der Waals surface area contributed by atoms with Gasteiger partial charge in [-0.2, -0.15) is 0 Å². The van der Waals surface area contributed by atoms with Crippen molar-refractivity contribution in [1.82, 2.24) is 0 Å². The average molecular weight is 518 g/mol. The van der Waals surface area contributed by atoms with Gasteiger partial charge in [-0.3, -0.25) is 0 Å². The summed E-state index contributed by atoms with van der Waals surface area (Å²) in [6, 6.07) is 66.4. The van der Waals surface area contributed by atoms with Gasteiger partial charge in [-0.05, 0) is 38.8 Å². The lowest BCUT2D eigenvalue weighted by molar-refractivity contribution is 0.848. The van der Waals surface area contributed by atoms with Crippen LogP contribution in [0.2, 0.25) is 0 Å². The molecule has 0 N–H and O–H groups in total. The van der Waals surface area contributed by atoms with Crippen LogP contribution in [-0.4, -0.2) is 8.24 Å². The fourth-order valence-corrected chi connectivity index (χ4v) is 10.9. The van der Waals surface area contributed by atoms with Crippen molar-refractivity contribution in [2.75, 3.05) is 4.57 Å². The lowest BCUT2D eigenvalue weighted by Crippen LogP contribution is -2.78. The third-order valence-corrected chi connectivity index (χ3v) is 12.2. The van der Waals surface area contributed by atoms with Crippen molar-refractivity contribution in [2.45, 2.75) is 6.04 Å². The van der Waals surface area contributed by atoms with Gasteiger partial charge in [0.25, 0.3) is 8.24 Å². The normalized spacial score (nSPS) is 11.3. The van der Waals surface area contributed by atoms with Crippen molar-refractivity contribution in [3.8, 4) is 0 Å². The SMILES string of the molecule is c1ccc(C(c2ccccc2)N(c2ccccc2)[Si](c2ccccc2)(c2ccccc2)c2ccccc2)cc1. The maximum absolute atomic E-state index is 2.89. The minimum Gasteiger partial charge on any atom is -0.376 e. The predicted molar refractivity (Wildman–Crippen MR) is 168 cm³/mol. The maximum atomic E-state index is 2.76. The van der Waals surface area contributed by atoms with Crippen LogP contribution in [0.15, 0.2) is 182 Å². The van der Waals surface area contributed by atoms with Crippen LogP contribution in [-0.2, 0) is 0 Å². The van der Waals surface area contributed by atoms with Crippen molar-refractivity contribution >= 4 is 29.5 Å². The summed E-state index contributed by atoms with van der Waals surface area (Å²) < 4.78 is 2.76. The molecule has 0 radical (unpaired) electrons. The molecule has 0 aromatic heterocycles. The standard InChI is InChI=1S/C37H31NSi/c1-7-19-31(20-8-1)37(32-21-9-2-10-22-32)38(33-23-11-3-12-24-33)39(34-25-13-4-14-26-34,35-27-15-5-16-28-35)36-29-17-6-18-30-36/h1-30,37H. The monoisotopic (exact) mass is 517 g/mol. The Morgan fingerprint density at radius 2 is 0.615 bits per heavy atom. The third kappa shape index (κ3) is 4.71. The van der Waals surface area contributed by atoms with Crippen LogP contribution in [0.1, 0.15) is 17.2 Å². The Kier molecular flexibility index (Phi) is 7.20. The number of hydrogen-bond acceptors (Lipinski definition) is 1. The second-order valence-corrected chi connectivity index (χ2v) is 13.4. The van der Waals surface area contributed by atoms with Crippen molar-refractivity contribution < 1.29 is 0 Å². The summed E-state index contributed by atoms with van der Waals surface area (Å²) in [7, 11) is -2.89. The highest BCUT2D eigenvalue weighted by atomic mass is 28.3. The molecule has 6 rings (SSSR count). The molecule has 188 valence electrons. The highest BCUT2D eigenvalue weighted by molar-refractivity contribution is 7.13. The predicted octanol–water partition coefficient (Wildman–Crippen LogP) is 6.95. The first kappa shape index (κ1) is 24.7. The van der Waals surface area contributed by atoms with Crippen molar-refractivity contribution in [3.63, 3.8) is 0 Å². The molecule has 0 atom stereocenters. The Bertz CT molecular complexity index is 1440. The molecule has 1 nitrogen and oxygen atoms in total. The van der Waals surface area contributed by atoms with E-state index in [1.54, 1.807) is 0 Å². The zero-order valence-corrected chi connectivity index (χ0v) is 22.8. The molecule has 0 saturated heterocycles. The quantitative estimate of drug-likeness (QED) is 0.156. The second kappa shape index (κ2) is 11.4. The van der Waals surface area contributed by atoms with Gasteiger partial charge in [0.15, 0.2) is 0 Å². The first-order valence-corrected chi connectivity index (χ1v) is 15.4. The Balaban J connectivity index is 1.79. The average Bonchev–Trinajstić information content (AvgIpc) is 3.04. The highest BCUT2D eigenvalue weighted by Crippen LogP contribution is 2.37. The molecule has 2 heteroatoms. The zero-order chi connectivity index (χ0) is 26.3. The highest BCUT2D eigenvalue weighted by Gasteiger charge is 2.49. The van der Waals surface area contributed by atoms with Gasteiger partial charge >= 0.3 is 0 Å². The Morgan fingerprint density at radius 3 is 0.949 bits per heavy atom. The van der Waals surface area contributed by atoms with Gasteiger partial charge in [0.05, 0.1) is 6.04 Å². The van der Waals surface area contributed by atoms with Crippen molar-refractivity contribution in [3.05, 3.63) is 193 Å². The fraction of sp³-hybridized carbons (Fsp3) is 0.0270. The minimum atomic E-state index is -2.89. The first-order chi connectivity index (χ1) is 19.4. The van der Waals surface area contributed by atoms with E-state index < -0.39 is 8.24 Å². The van der Waals surface area contributed by atoms with Gasteiger partial charge in [0, 0.05) is 5.69 Å². The fourth-order valence-electron chi connectivity index (χ4n) is 5.84. The molecule has 6 aromatic rings. The van der Waals surface area contributed by atoms with Gasteiger partial charge < -0.3 is 4.57 Å². The number of para-hydroxylation sites is 1. The van der Waals surface area contributed by atoms with E-state index in [4.69, 9.17) is 0 Å². The molecule has 0 saturated carbocycles. The van der Waals surface area contributed by atoms with Crippen LogP contribution >= 0.6 is 0 Å². The van der Waals surface area contributed by atoms with E-state index in [0.717, 1.165) is 0 Å². The van der Waals surface area contributed by atoms with Crippen LogP contribution in [0.5, 0.6) is 0 Å². The van der Waals surface area contributed by atoms with E-state index in [0.29, 0.717) is 0 Å². The second-order valence-electron chi connectivity index (χ2n) is 9.74. The summed E-state index contributed by atoms with van der Waals surface area (Å²) in [5.74, 6) is 0. The molecule has 0 unspecified atom stereocenters. The summed E-state index contributed by atoms with van der Waals surface area (Å²) in [4.78, 5) is 0. The lowest BCUT2D eigenvalue weighted by atomic mass is 9.98. The van der Waals surface area contributed by atoms with Gasteiger partial charge in [0.2, 0.25) is 0 Å². The van der Waals surface area contributed by atoms with Crippen LogP contribution in [0, 0.1) is 0 Å². The van der Waals surface area contributed by atoms with E-state index in [9.17, 15) is 0 Å². The van der Waals surface area contributed by atoms with E-state index in [1.807, 2.05) is 0 Å². The van der Waals surface area contributed by atoms with E-state index >= 15 is 0 Å². The topological polar surface area (TPSA) is 3.24 Å². The summed E-state index contributed by atoms with van der Waals surface area (Å²) in [6.45, 7) is 0. The largest absolute Gasteiger partial charge is 0.376 e. The molecular weight excluding hydrogens is 487 g/mol.